The maximum Gasteiger partial charge on any atom is 0.147 e. The zero-order valence-corrected chi connectivity index (χ0v) is 12.5. The summed E-state index contributed by atoms with van der Waals surface area (Å²) in [5, 5.41) is 4.12. The summed E-state index contributed by atoms with van der Waals surface area (Å²) < 4.78 is 0. The molecule has 1 aromatic heterocycles. The van der Waals surface area contributed by atoms with Crippen LogP contribution in [0, 0.1) is 0 Å². The van der Waals surface area contributed by atoms with Gasteiger partial charge in [-0.3, -0.25) is 0 Å². The van der Waals surface area contributed by atoms with Gasteiger partial charge in [0.1, 0.15) is 5.82 Å². The fraction of sp³-hybridized carbons (Fsp3) is 0.533. The van der Waals surface area contributed by atoms with Crippen LogP contribution in [0.2, 0.25) is 5.02 Å². The van der Waals surface area contributed by atoms with Gasteiger partial charge in [0.25, 0.3) is 0 Å². The van der Waals surface area contributed by atoms with Gasteiger partial charge in [0.2, 0.25) is 0 Å². The smallest absolute Gasteiger partial charge is 0.147 e. The predicted octanol–water partition coefficient (Wildman–Crippen LogP) is 3.39. The van der Waals surface area contributed by atoms with Crippen LogP contribution in [-0.2, 0) is 6.54 Å². The van der Waals surface area contributed by atoms with E-state index in [9.17, 15) is 0 Å². The van der Waals surface area contributed by atoms with Crippen molar-refractivity contribution in [1.82, 2.24) is 10.3 Å². The fourth-order valence-electron chi connectivity index (χ4n) is 2.30. The zero-order valence-electron chi connectivity index (χ0n) is 11.7. The Morgan fingerprint density at radius 3 is 3.00 bits per heavy atom. The van der Waals surface area contributed by atoms with E-state index in [1.54, 1.807) is 0 Å². The lowest BCUT2D eigenvalue weighted by atomic mass is 10.1. The Morgan fingerprint density at radius 1 is 1.47 bits per heavy atom. The van der Waals surface area contributed by atoms with Crippen LogP contribution in [-0.4, -0.2) is 24.6 Å². The molecular formula is C15H22ClN3. The first-order valence-corrected chi connectivity index (χ1v) is 7.34. The Bertz CT molecular complexity index is 457. The summed E-state index contributed by atoms with van der Waals surface area (Å²) in [4.78, 5) is 6.79. The van der Waals surface area contributed by atoms with Gasteiger partial charge in [-0.25, -0.2) is 4.98 Å². The molecule has 104 valence electrons. The number of hydrogen-bond donors (Lipinski definition) is 1. The molecule has 1 aliphatic rings. The largest absolute Gasteiger partial charge is 0.351 e. The van der Waals surface area contributed by atoms with E-state index in [-0.39, 0.29) is 0 Å². The van der Waals surface area contributed by atoms with Crippen molar-refractivity contribution in [1.29, 1.82) is 0 Å². The fourth-order valence-corrected chi connectivity index (χ4v) is 2.61. The number of hydrogen-bond acceptors (Lipinski definition) is 3. The van der Waals surface area contributed by atoms with E-state index in [0.717, 1.165) is 55.4 Å². The van der Waals surface area contributed by atoms with Crippen LogP contribution in [0.15, 0.2) is 23.9 Å². The number of nitrogens with one attached hydrogen (secondary N) is 1. The van der Waals surface area contributed by atoms with Gasteiger partial charge in [-0.1, -0.05) is 30.2 Å². The molecule has 2 rings (SSSR count). The number of pyridine rings is 1. The summed E-state index contributed by atoms with van der Waals surface area (Å²) in [7, 11) is 0. The number of aromatic nitrogens is 1. The van der Waals surface area contributed by atoms with Crippen LogP contribution in [0.1, 0.15) is 32.3 Å². The maximum absolute atomic E-state index is 6.37. The highest BCUT2D eigenvalue weighted by molar-refractivity contribution is 6.33. The summed E-state index contributed by atoms with van der Waals surface area (Å²) in [6.45, 7) is 8.10. The van der Waals surface area contributed by atoms with Gasteiger partial charge in [0, 0.05) is 25.8 Å². The topological polar surface area (TPSA) is 28.2 Å². The number of halogens is 1. The van der Waals surface area contributed by atoms with Crippen LogP contribution in [0.4, 0.5) is 5.82 Å². The van der Waals surface area contributed by atoms with Crippen LogP contribution in [0.25, 0.3) is 0 Å². The minimum atomic E-state index is 0.755. The zero-order chi connectivity index (χ0) is 13.7. The van der Waals surface area contributed by atoms with Crippen molar-refractivity contribution in [3.63, 3.8) is 0 Å². The van der Waals surface area contributed by atoms with Crippen molar-refractivity contribution >= 4 is 17.4 Å². The second kappa shape index (κ2) is 6.92. The Hall–Kier alpha value is -1.06. The van der Waals surface area contributed by atoms with E-state index in [0.29, 0.717) is 0 Å². The molecule has 2 heterocycles. The molecule has 0 radical (unpaired) electrons. The third kappa shape index (κ3) is 3.95. The highest BCUT2D eigenvalue weighted by Gasteiger charge is 2.15. The van der Waals surface area contributed by atoms with Gasteiger partial charge in [0.05, 0.1) is 5.02 Å². The van der Waals surface area contributed by atoms with E-state index in [1.807, 2.05) is 12.3 Å². The molecule has 0 unspecified atom stereocenters. The second-order valence-corrected chi connectivity index (χ2v) is 5.49. The first-order chi connectivity index (χ1) is 9.20. The molecule has 1 aliphatic heterocycles. The monoisotopic (exact) mass is 279 g/mol. The number of nitrogens with zero attached hydrogens (tertiary/aromatic N) is 2. The highest BCUT2D eigenvalue weighted by atomic mass is 35.5. The molecule has 3 nitrogen and oxygen atoms in total. The standard InChI is InChI=1S/C15H22ClN3/c1-3-6-17-9-13-8-14(16)15(18-10-13)19-7-4-5-12(2)11-19/h5,8,10,17H,3-4,6-7,9,11H2,1-2H3. The Kier molecular flexibility index (Phi) is 5.23. The third-order valence-corrected chi connectivity index (χ3v) is 3.54. The van der Waals surface area contributed by atoms with Gasteiger partial charge in [-0.15, -0.1) is 0 Å². The third-order valence-electron chi connectivity index (χ3n) is 3.27. The Morgan fingerprint density at radius 2 is 2.32 bits per heavy atom. The van der Waals surface area contributed by atoms with Gasteiger partial charge in [-0.05, 0) is 37.9 Å². The molecular weight excluding hydrogens is 258 g/mol. The Balaban J connectivity index is 2.04. The lowest BCUT2D eigenvalue weighted by Gasteiger charge is -2.28. The molecule has 0 spiro atoms. The highest BCUT2D eigenvalue weighted by Crippen LogP contribution is 2.26. The van der Waals surface area contributed by atoms with Crippen molar-refractivity contribution < 1.29 is 0 Å². The van der Waals surface area contributed by atoms with Crippen LogP contribution in [0.5, 0.6) is 0 Å². The summed E-state index contributed by atoms with van der Waals surface area (Å²) in [6.07, 6.45) is 6.42. The van der Waals surface area contributed by atoms with Gasteiger partial charge >= 0.3 is 0 Å². The van der Waals surface area contributed by atoms with E-state index < -0.39 is 0 Å². The molecule has 0 bridgehead atoms. The minimum Gasteiger partial charge on any atom is -0.351 e. The van der Waals surface area contributed by atoms with Crippen molar-refractivity contribution in [3.8, 4) is 0 Å². The first-order valence-electron chi connectivity index (χ1n) is 6.96. The molecule has 0 saturated carbocycles. The van der Waals surface area contributed by atoms with Crippen molar-refractivity contribution in [2.75, 3.05) is 24.5 Å². The molecule has 4 heteroatoms. The molecule has 0 aliphatic carbocycles. The molecule has 0 saturated heterocycles. The Labute approximate surface area is 120 Å². The van der Waals surface area contributed by atoms with Crippen molar-refractivity contribution in [2.24, 2.45) is 0 Å². The van der Waals surface area contributed by atoms with Crippen LogP contribution >= 0.6 is 11.6 Å². The van der Waals surface area contributed by atoms with Gasteiger partial charge in [0.15, 0.2) is 0 Å². The van der Waals surface area contributed by atoms with E-state index in [4.69, 9.17) is 11.6 Å². The van der Waals surface area contributed by atoms with Crippen LogP contribution < -0.4 is 10.2 Å². The predicted molar refractivity (Wildman–Crippen MR) is 81.8 cm³/mol. The van der Waals surface area contributed by atoms with E-state index in [1.165, 1.54) is 5.57 Å². The summed E-state index contributed by atoms with van der Waals surface area (Å²) in [5.74, 6) is 0.911. The molecule has 19 heavy (non-hydrogen) atoms. The van der Waals surface area contributed by atoms with E-state index in [2.05, 4.69) is 35.1 Å². The number of anilines is 1. The van der Waals surface area contributed by atoms with Crippen molar-refractivity contribution in [3.05, 3.63) is 34.5 Å². The van der Waals surface area contributed by atoms with E-state index >= 15 is 0 Å². The molecule has 0 amide bonds. The average molecular weight is 280 g/mol. The lowest BCUT2D eigenvalue weighted by molar-refractivity contribution is 0.673. The van der Waals surface area contributed by atoms with Gasteiger partial charge in [-0.2, -0.15) is 0 Å². The summed E-state index contributed by atoms with van der Waals surface area (Å²) in [6, 6.07) is 2.03. The summed E-state index contributed by atoms with van der Waals surface area (Å²) >= 11 is 6.37. The molecule has 0 aromatic carbocycles. The molecule has 0 atom stereocenters. The molecule has 1 aromatic rings. The maximum atomic E-state index is 6.37. The second-order valence-electron chi connectivity index (χ2n) is 5.09. The lowest BCUT2D eigenvalue weighted by Crippen LogP contribution is -2.30. The SMILES string of the molecule is CCCNCc1cnc(N2CCC=C(C)C2)c(Cl)c1. The van der Waals surface area contributed by atoms with Crippen molar-refractivity contribution in [2.45, 2.75) is 33.2 Å². The first kappa shape index (κ1) is 14.4. The normalized spacial score (nSPS) is 15.5. The summed E-state index contributed by atoms with van der Waals surface area (Å²) in [5.41, 5.74) is 2.53. The van der Waals surface area contributed by atoms with Gasteiger partial charge < -0.3 is 10.2 Å². The molecule has 0 fully saturated rings. The average Bonchev–Trinajstić information content (AvgIpc) is 2.39. The quantitative estimate of drug-likeness (QED) is 0.661. The molecule has 1 N–H and O–H groups in total. The minimum absolute atomic E-state index is 0.755. The van der Waals surface area contributed by atoms with Crippen LogP contribution in [0.3, 0.4) is 0 Å². The number of rotatable bonds is 5.